The lowest BCUT2D eigenvalue weighted by atomic mass is 10.00. The molecule has 0 aromatic rings. The van der Waals surface area contributed by atoms with Gasteiger partial charge in [0.2, 0.25) is 0 Å². The van der Waals surface area contributed by atoms with Crippen LogP contribution in [0.2, 0.25) is 0 Å². The number of halogens is 1. The number of nitrogens with one attached hydrogen (secondary N) is 1. The van der Waals surface area contributed by atoms with Crippen LogP contribution in [-0.2, 0) is 14.3 Å². The SMILES string of the molecule is CC[C@H](C)[C@H](NC(=O)OC(C)(C)C)C(=O)O.OC[C@H]1OC(O)(Cl)[C@H](O)[C@@H]1O. The van der Waals surface area contributed by atoms with Crippen molar-refractivity contribution in [2.24, 2.45) is 5.92 Å². The summed E-state index contributed by atoms with van der Waals surface area (Å²) in [6, 6.07) is -0.903. The van der Waals surface area contributed by atoms with E-state index in [1.807, 2.05) is 6.92 Å². The maximum absolute atomic E-state index is 11.4. The number of aliphatic carboxylic acids is 1. The Balaban J connectivity index is 0.000000533. The molecule has 10 nitrogen and oxygen atoms in total. The highest BCUT2D eigenvalue weighted by Crippen LogP contribution is 2.31. The summed E-state index contributed by atoms with van der Waals surface area (Å²) in [5.41, 5.74) is -0.622. The Kier molecular flexibility index (Phi) is 9.94. The molecule has 0 saturated carbocycles. The normalized spacial score (nSPS) is 29.9. The smallest absolute Gasteiger partial charge is 0.408 e. The molecule has 1 saturated heterocycles. The summed E-state index contributed by atoms with van der Waals surface area (Å²) in [4.78, 5) is 22.3. The number of rotatable bonds is 5. The Labute approximate surface area is 163 Å². The predicted octanol–water partition coefficient (Wildman–Crippen LogP) is -0.00540. The zero-order valence-electron chi connectivity index (χ0n) is 16.0. The first-order valence-electron chi connectivity index (χ1n) is 8.44. The molecule has 0 spiro atoms. The number of carbonyl (C=O) groups is 2. The number of aliphatic hydroxyl groups is 4. The van der Waals surface area contributed by atoms with Crippen LogP contribution in [0.15, 0.2) is 0 Å². The van der Waals surface area contributed by atoms with Crippen molar-refractivity contribution < 1.29 is 44.6 Å². The highest BCUT2D eigenvalue weighted by atomic mass is 35.5. The molecule has 11 heteroatoms. The molecule has 0 aromatic heterocycles. The zero-order valence-corrected chi connectivity index (χ0v) is 16.8. The van der Waals surface area contributed by atoms with E-state index in [-0.39, 0.29) is 5.92 Å². The van der Waals surface area contributed by atoms with Crippen molar-refractivity contribution in [1.29, 1.82) is 0 Å². The van der Waals surface area contributed by atoms with Crippen LogP contribution in [0.1, 0.15) is 41.0 Å². The van der Waals surface area contributed by atoms with Gasteiger partial charge in [-0.25, -0.2) is 9.59 Å². The molecule has 0 aromatic carbocycles. The van der Waals surface area contributed by atoms with Crippen LogP contribution >= 0.6 is 11.6 Å². The summed E-state index contributed by atoms with van der Waals surface area (Å²) < 4.78 is 9.49. The van der Waals surface area contributed by atoms with E-state index in [1.165, 1.54) is 0 Å². The third-order valence-corrected chi connectivity index (χ3v) is 4.03. The van der Waals surface area contributed by atoms with Crippen LogP contribution in [0.3, 0.4) is 0 Å². The second-order valence-electron chi connectivity index (χ2n) is 7.23. The first-order chi connectivity index (χ1) is 12.2. The second kappa shape index (κ2) is 10.4. The van der Waals surface area contributed by atoms with Gasteiger partial charge in [-0.15, -0.1) is 0 Å². The van der Waals surface area contributed by atoms with Crippen molar-refractivity contribution in [3.63, 3.8) is 0 Å². The van der Waals surface area contributed by atoms with E-state index in [0.717, 1.165) is 0 Å². The van der Waals surface area contributed by atoms with Crippen LogP contribution in [-0.4, -0.2) is 79.4 Å². The van der Waals surface area contributed by atoms with Crippen molar-refractivity contribution >= 4 is 23.7 Å². The number of aliphatic hydroxyl groups excluding tert-OH is 3. The largest absolute Gasteiger partial charge is 0.480 e. The fourth-order valence-corrected chi connectivity index (χ4v) is 2.27. The molecular formula is C16H30ClNO9. The van der Waals surface area contributed by atoms with E-state index in [2.05, 4.69) is 10.1 Å². The summed E-state index contributed by atoms with van der Waals surface area (Å²) in [5.74, 6) is -1.18. The maximum atomic E-state index is 11.4. The Bertz CT molecular complexity index is 495. The molecule has 1 rings (SSSR count). The van der Waals surface area contributed by atoms with Crippen molar-refractivity contribution in [2.75, 3.05) is 6.61 Å². The number of ether oxygens (including phenoxy) is 2. The lowest BCUT2D eigenvalue weighted by molar-refractivity contribution is -0.169. The van der Waals surface area contributed by atoms with E-state index in [0.29, 0.717) is 6.42 Å². The molecule has 6 N–H and O–H groups in total. The predicted molar refractivity (Wildman–Crippen MR) is 95.0 cm³/mol. The van der Waals surface area contributed by atoms with E-state index in [9.17, 15) is 9.59 Å². The number of carboxylic acids is 1. The highest BCUT2D eigenvalue weighted by Gasteiger charge is 2.52. The number of alkyl carbamates (subject to hydrolysis) is 1. The number of alkyl halides is 1. The highest BCUT2D eigenvalue weighted by molar-refractivity contribution is 6.22. The molecule has 160 valence electrons. The summed E-state index contributed by atoms with van der Waals surface area (Å²) >= 11 is 5.20. The minimum Gasteiger partial charge on any atom is -0.480 e. The fraction of sp³-hybridized carbons (Fsp3) is 0.875. The van der Waals surface area contributed by atoms with Gasteiger partial charge in [-0.3, -0.25) is 0 Å². The van der Waals surface area contributed by atoms with E-state index >= 15 is 0 Å². The molecule has 0 radical (unpaired) electrons. The number of carboxylic acid groups (broad SMARTS) is 1. The minimum absolute atomic E-state index is 0.134. The molecule has 1 fully saturated rings. The Hall–Kier alpha value is -1.17. The van der Waals surface area contributed by atoms with Crippen molar-refractivity contribution in [3.05, 3.63) is 0 Å². The van der Waals surface area contributed by atoms with E-state index < -0.39 is 53.9 Å². The number of hydrogen-bond acceptors (Lipinski definition) is 8. The fourth-order valence-electron chi connectivity index (χ4n) is 2.03. The van der Waals surface area contributed by atoms with Gasteiger partial charge in [-0.2, -0.15) is 0 Å². The van der Waals surface area contributed by atoms with Gasteiger partial charge in [0.25, 0.3) is 5.25 Å². The Morgan fingerprint density at radius 2 is 1.85 bits per heavy atom. The first kappa shape index (κ1) is 25.8. The van der Waals surface area contributed by atoms with Gasteiger partial charge in [0, 0.05) is 0 Å². The van der Waals surface area contributed by atoms with Gasteiger partial charge in [0.15, 0.2) is 6.10 Å². The van der Waals surface area contributed by atoms with Crippen molar-refractivity contribution in [3.8, 4) is 0 Å². The van der Waals surface area contributed by atoms with Gasteiger partial charge in [-0.1, -0.05) is 31.9 Å². The lowest BCUT2D eigenvalue weighted by Crippen LogP contribution is -2.46. The minimum atomic E-state index is -2.28. The van der Waals surface area contributed by atoms with Gasteiger partial charge in [0.05, 0.1) is 6.61 Å². The molecule has 1 unspecified atom stereocenters. The van der Waals surface area contributed by atoms with Crippen LogP contribution in [0, 0.1) is 5.92 Å². The molecule has 6 atom stereocenters. The topological polar surface area (TPSA) is 166 Å². The summed E-state index contributed by atoms with van der Waals surface area (Å²) in [7, 11) is 0. The molecule has 0 bridgehead atoms. The Morgan fingerprint density at radius 1 is 1.33 bits per heavy atom. The summed E-state index contributed by atoms with van der Waals surface area (Å²) in [6.45, 7) is 8.32. The Morgan fingerprint density at radius 3 is 2.11 bits per heavy atom. The third-order valence-electron chi connectivity index (χ3n) is 3.72. The van der Waals surface area contributed by atoms with Crippen molar-refractivity contribution in [1.82, 2.24) is 5.32 Å². The van der Waals surface area contributed by atoms with Gasteiger partial charge in [-0.05, 0) is 26.7 Å². The average Bonchev–Trinajstić information content (AvgIpc) is 2.73. The number of carbonyl (C=O) groups excluding carboxylic acids is 1. The van der Waals surface area contributed by atoms with Gasteiger partial charge < -0.3 is 40.3 Å². The molecule has 27 heavy (non-hydrogen) atoms. The van der Waals surface area contributed by atoms with Gasteiger partial charge >= 0.3 is 12.1 Å². The third kappa shape index (κ3) is 8.58. The number of hydrogen-bond donors (Lipinski definition) is 6. The zero-order chi connectivity index (χ0) is 21.6. The quantitative estimate of drug-likeness (QED) is 0.338. The van der Waals surface area contributed by atoms with Gasteiger partial charge in [0.1, 0.15) is 23.9 Å². The molecule has 1 amide bonds. The summed E-state index contributed by atoms with van der Waals surface area (Å²) in [5, 5.41) is 44.5. The monoisotopic (exact) mass is 415 g/mol. The first-order valence-corrected chi connectivity index (χ1v) is 8.82. The van der Waals surface area contributed by atoms with Crippen LogP contribution in [0.25, 0.3) is 0 Å². The number of amides is 1. The molecular weight excluding hydrogens is 386 g/mol. The standard InChI is InChI=1S/C11H21NO4.C5H9ClO5/c1-6-7(2)8(9(13)14)12-10(15)16-11(3,4)5;6-5(10)4(9)3(8)2(1-7)11-5/h7-8H,6H2,1-5H3,(H,12,15)(H,13,14);2-4,7-10H,1H2/t7-,8-;2-,3-,4-,5?/m01/s1. The average molecular weight is 416 g/mol. The van der Waals surface area contributed by atoms with E-state index in [4.69, 9.17) is 41.9 Å². The van der Waals surface area contributed by atoms with Crippen LogP contribution < -0.4 is 5.32 Å². The maximum Gasteiger partial charge on any atom is 0.408 e. The molecule has 1 heterocycles. The van der Waals surface area contributed by atoms with Crippen LogP contribution in [0.5, 0.6) is 0 Å². The molecule has 1 aliphatic rings. The molecule has 0 aliphatic carbocycles. The van der Waals surface area contributed by atoms with E-state index in [1.54, 1.807) is 27.7 Å². The summed E-state index contributed by atoms with van der Waals surface area (Å²) in [6.07, 6.45) is -4.01. The van der Waals surface area contributed by atoms with Crippen molar-refractivity contribution in [2.45, 2.75) is 76.2 Å². The molecule has 1 aliphatic heterocycles. The second-order valence-corrected chi connectivity index (χ2v) is 7.77. The van der Waals surface area contributed by atoms with Crippen LogP contribution in [0.4, 0.5) is 4.79 Å². The lowest BCUT2D eigenvalue weighted by Gasteiger charge is -2.24.